The molecule has 1 aliphatic rings. The molecular weight excluding hydrogens is 340 g/mol. The zero-order chi connectivity index (χ0) is 18.6. The Balaban J connectivity index is 1.97. The second-order valence-corrected chi connectivity index (χ2v) is 8.87. The highest BCUT2D eigenvalue weighted by Gasteiger charge is 2.32. The number of carbonyl (C=O) groups excluding carboxylic acids is 2. The third kappa shape index (κ3) is 4.60. The number of sulfone groups is 1. The normalized spacial score (nSPS) is 16.6. The number of Topliss-reactive ketones (excluding diaryl/α,β-unsaturated/α-hetero) is 1. The number of hydrogen-bond donors (Lipinski definition) is 0. The van der Waals surface area contributed by atoms with E-state index in [1.165, 1.54) is 13.8 Å². The summed E-state index contributed by atoms with van der Waals surface area (Å²) < 4.78 is 24.2. The van der Waals surface area contributed by atoms with Gasteiger partial charge in [-0.15, -0.1) is 0 Å². The van der Waals surface area contributed by atoms with Crippen molar-refractivity contribution in [3.8, 4) is 0 Å². The van der Waals surface area contributed by atoms with Gasteiger partial charge in [0.1, 0.15) is 5.25 Å². The van der Waals surface area contributed by atoms with Crippen LogP contribution in [-0.2, 0) is 14.6 Å². The highest BCUT2D eigenvalue weighted by atomic mass is 32.2. The van der Waals surface area contributed by atoms with Gasteiger partial charge in [-0.1, -0.05) is 6.92 Å². The number of anilines is 1. The summed E-state index contributed by atoms with van der Waals surface area (Å²) in [5, 5.41) is -0.978. The minimum absolute atomic E-state index is 0.0317. The minimum Gasteiger partial charge on any atom is -0.368 e. The molecule has 2 rings (SSSR count). The van der Waals surface area contributed by atoms with Crippen molar-refractivity contribution in [2.75, 3.05) is 36.8 Å². The summed E-state index contributed by atoms with van der Waals surface area (Å²) in [6.45, 7) is 7.11. The lowest BCUT2D eigenvalue weighted by Crippen LogP contribution is -2.52. The first-order valence-electron chi connectivity index (χ1n) is 8.62. The van der Waals surface area contributed by atoms with E-state index in [0.29, 0.717) is 38.2 Å². The highest BCUT2D eigenvalue weighted by Crippen LogP contribution is 2.19. The summed E-state index contributed by atoms with van der Waals surface area (Å²) in [5.41, 5.74) is 1.68. The van der Waals surface area contributed by atoms with E-state index >= 15 is 0 Å². The number of piperazine rings is 1. The molecule has 1 aliphatic heterocycles. The fraction of sp³-hybridized carbons (Fsp3) is 0.556. The predicted octanol–water partition coefficient (Wildman–Crippen LogP) is 1.75. The Morgan fingerprint density at radius 1 is 1.08 bits per heavy atom. The molecule has 6 nitrogen and oxygen atoms in total. The van der Waals surface area contributed by atoms with E-state index in [9.17, 15) is 18.0 Å². The van der Waals surface area contributed by atoms with E-state index in [2.05, 4.69) is 4.90 Å². The average molecular weight is 366 g/mol. The standard InChI is InChI=1S/C18H26N2O4S/c1-4-13-25(23,24)15(3)18(22)20-11-9-19(10-12-20)17-7-5-16(6-8-17)14(2)21/h5-8,15H,4,9-13H2,1-3H3. The predicted molar refractivity (Wildman–Crippen MR) is 98.8 cm³/mol. The Bertz CT molecular complexity index is 720. The molecular formula is C18H26N2O4S. The lowest BCUT2D eigenvalue weighted by molar-refractivity contribution is -0.130. The topological polar surface area (TPSA) is 74.8 Å². The van der Waals surface area contributed by atoms with Crippen molar-refractivity contribution < 1.29 is 18.0 Å². The van der Waals surface area contributed by atoms with Gasteiger partial charge in [0.15, 0.2) is 15.6 Å². The first kappa shape index (κ1) is 19.4. The van der Waals surface area contributed by atoms with Crippen LogP contribution in [0.15, 0.2) is 24.3 Å². The molecule has 1 atom stereocenters. The van der Waals surface area contributed by atoms with Crippen LogP contribution in [0.2, 0.25) is 0 Å². The van der Waals surface area contributed by atoms with Gasteiger partial charge in [0.25, 0.3) is 0 Å². The number of amides is 1. The lowest BCUT2D eigenvalue weighted by atomic mass is 10.1. The van der Waals surface area contributed by atoms with E-state index in [0.717, 1.165) is 5.69 Å². The smallest absolute Gasteiger partial charge is 0.240 e. The summed E-state index contributed by atoms with van der Waals surface area (Å²) in [5.74, 6) is -0.230. The maximum Gasteiger partial charge on any atom is 0.240 e. The van der Waals surface area contributed by atoms with Gasteiger partial charge in [0.05, 0.1) is 5.75 Å². The van der Waals surface area contributed by atoms with Crippen LogP contribution in [0.25, 0.3) is 0 Å². The van der Waals surface area contributed by atoms with Crippen LogP contribution < -0.4 is 4.90 Å². The van der Waals surface area contributed by atoms with Gasteiger partial charge in [0.2, 0.25) is 5.91 Å². The molecule has 25 heavy (non-hydrogen) atoms. The molecule has 1 aromatic carbocycles. The molecule has 0 aromatic heterocycles. The molecule has 1 unspecified atom stereocenters. The summed E-state index contributed by atoms with van der Waals surface area (Å²) in [7, 11) is -3.37. The van der Waals surface area contributed by atoms with E-state index in [1.807, 2.05) is 12.1 Å². The lowest BCUT2D eigenvalue weighted by Gasteiger charge is -2.37. The zero-order valence-electron chi connectivity index (χ0n) is 15.1. The zero-order valence-corrected chi connectivity index (χ0v) is 15.9. The second kappa shape index (κ2) is 7.99. The van der Waals surface area contributed by atoms with Gasteiger partial charge < -0.3 is 9.80 Å². The van der Waals surface area contributed by atoms with Crippen LogP contribution in [0.5, 0.6) is 0 Å². The number of hydrogen-bond acceptors (Lipinski definition) is 5. The van der Waals surface area contributed by atoms with Crippen LogP contribution in [0.4, 0.5) is 5.69 Å². The quantitative estimate of drug-likeness (QED) is 0.717. The summed E-state index contributed by atoms with van der Waals surface area (Å²) in [6.07, 6.45) is 0.518. The Morgan fingerprint density at radius 2 is 1.64 bits per heavy atom. The third-order valence-electron chi connectivity index (χ3n) is 4.61. The molecule has 0 aliphatic carbocycles. The van der Waals surface area contributed by atoms with Crippen molar-refractivity contribution >= 4 is 27.2 Å². The first-order valence-corrected chi connectivity index (χ1v) is 10.3. The highest BCUT2D eigenvalue weighted by molar-refractivity contribution is 7.92. The van der Waals surface area contributed by atoms with Crippen molar-refractivity contribution in [1.29, 1.82) is 0 Å². The molecule has 7 heteroatoms. The van der Waals surface area contributed by atoms with Gasteiger partial charge in [-0.05, 0) is 44.5 Å². The second-order valence-electron chi connectivity index (χ2n) is 6.42. The molecule has 1 amide bonds. The summed E-state index contributed by atoms with van der Waals surface area (Å²) >= 11 is 0. The van der Waals surface area contributed by atoms with Crippen molar-refractivity contribution in [2.45, 2.75) is 32.4 Å². The first-order chi connectivity index (χ1) is 11.8. The molecule has 1 fully saturated rings. The SMILES string of the molecule is CCCS(=O)(=O)C(C)C(=O)N1CCN(c2ccc(C(C)=O)cc2)CC1. The van der Waals surface area contributed by atoms with Crippen LogP contribution in [0, 0.1) is 0 Å². The van der Waals surface area contributed by atoms with Gasteiger partial charge >= 0.3 is 0 Å². The van der Waals surface area contributed by atoms with Crippen LogP contribution in [0.3, 0.4) is 0 Å². The van der Waals surface area contributed by atoms with Crippen LogP contribution in [0.1, 0.15) is 37.6 Å². The minimum atomic E-state index is -3.37. The van der Waals surface area contributed by atoms with Crippen molar-refractivity contribution in [2.24, 2.45) is 0 Å². The van der Waals surface area contributed by atoms with Crippen molar-refractivity contribution in [1.82, 2.24) is 4.90 Å². The molecule has 0 N–H and O–H groups in total. The van der Waals surface area contributed by atoms with Gasteiger partial charge in [-0.3, -0.25) is 9.59 Å². The average Bonchev–Trinajstić information content (AvgIpc) is 2.60. The van der Waals surface area contributed by atoms with E-state index in [4.69, 9.17) is 0 Å². The van der Waals surface area contributed by atoms with Crippen molar-refractivity contribution in [3.63, 3.8) is 0 Å². The molecule has 0 bridgehead atoms. The molecule has 1 heterocycles. The van der Waals surface area contributed by atoms with E-state index < -0.39 is 15.1 Å². The Labute approximate surface area is 149 Å². The van der Waals surface area contributed by atoms with Gasteiger partial charge in [-0.2, -0.15) is 0 Å². The van der Waals surface area contributed by atoms with Crippen molar-refractivity contribution in [3.05, 3.63) is 29.8 Å². The number of carbonyl (C=O) groups is 2. The van der Waals surface area contributed by atoms with E-state index in [-0.39, 0.29) is 17.4 Å². The monoisotopic (exact) mass is 366 g/mol. The Hall–Kier alpha value is -1.89. The van der Waals surface area contributed by atoms with Gasteiger partial charge in [-0.25, -0.2) is 8.42 Å². The fourth-order valence-corrected chi connectivity index (χ4v) is 4.34. The molecule has 1 aromatic rings. The number of rotatable bonds is 6. The summed E-state index contributed by atoms with van der Waals surface area (Å²) in [6, 6.07) is 7.41. The Morgan fingerprint density at radius 3 is 2.12 bits per heavy atom. The van der Waals surface area contributed by atoms with E-state index in [1.54, 1.807) is 24.0 Å². The number of ketones is 1. The summed E-state index contributed by atoms with van der Waals surface area (Å²) in [4.78, 5) is 27.6. The maximum atomic E-state index is 12.5. The maximum absolute atomic E-state index is 12.5. The molecule has 0 radical (unpaired) electrons. The fourth-order valence-electron chi connectivity index (χ4n) is 2.96. The third-order valence-corrected chi connectivity index (χ3v) is 6.86. The molecule has 0 spiro atoms. The Kier molecular flexibility index (Phi) is 6.21. The largest absolute Gasteiger partial charge is 0.368 e. The number of benzene rings is 1. The molecule has 1 saturated heterocycles. The van der Waals surface area contributed by atoms with Gasteiger partial charge in [0, 0.05) is 37.4 Å². The van der Waals surface area contributed by atoms with Crippen LogP contribution in [-0.4, -0.2) is 62.2 Å². The molecule has 138 valence electrons. The van der Waals surface area contributed by atoms with Crippen LogP contribution >= 0.6 is 0 Å². The molecule has 0 saturated carbocycles. The number of nitrogens with zero attached hydrogens (tertiary/aromatic N) is 2.